The molecular formula is C15H18N2O2S. The van der Waals surface area contributed by atoms with Gasteiger partial charge in [0.2, 0.25) is 0 Å². The van der Waals surface area contributed by atoms with E-state index in [2.05, 4.69) is 24.1 Å². The summed E-state index contributed by atoms with van der Waals surface area (Å²) in [6.45, 7) is 6.08. The van der Waals surface area contributed by atoms with Gasteiger partial charge in [0, 0.05) is 16.8 Å². The molecule has 0 bridgehead atoms. The van der Waals surface area contributed by atoms with Crippen molar-refractivity contribution >= 4 is 23.0 Å². The van der Waals surface area contributed by atoms with Crippen LogP contribution in [0.25, 0.3) is 0 Å². The number of nitrogens with one attached hydrogen (secondary N) is 1. The number of carboxylic acid groups (broad SMARTS) is 1. The molecule has 2 N–H and O–H groups in total. The lowest BCUT2D eigenvalue weighted by Crippen LogP contribution is -2.08. The Hall–Kier alpha value is -1.88. The van der Waals surface area contributed by atoms with E-state index < -0.39 is 5.97 Å². The number of rotatable bonds is 5. The molecule has 0 spiro atoms. The van der Waals surface area contributed by atoms with E-state index >= 15 is 0 Å². The van der Waals surface area contributed by atoms with E-state index in [1.165, 1.54) is 4.88 Å². The van der Waals surface area contributed by atoms with E-state index in [0.29, 0.717) is 5.56 Å². The van der Waals surface area contributed by atoms with Crippen LogP contribution in [0, 0.1) is 6.92 Å². The van der Waals surface area contributed by atoms with Crippen LogP contribution in [0.4, 0.5) is 5.69 Å². The Morgan fingerprint density at radius 1 is 1.50 bits per heavy atom. The number of nitrogens with zero attached hydrogens (tertiary/aromatic N) is 1. The lowest BCUT2D eigenvalue weighted by atomic mass is 10.1. The standard InChI is InChI=1S/C15H18N2O2S/c1-4-12-8-16-14(20-12)10(3)17-13-6-5-11(15(18)19)7-9(13)2/h5-8,10,17H,4H2,1-3H3,(H,18,19). The minimum absolute atomic E-state index is 0.106. The molecule has 0 aliphatic rings. The predicted octanol–water partition coefficient (Wildman–Crippen LogP) is 3.89. The quantitative estimate of drug-likeness (QED) is 0.877. The monoisotopic (exact) mass is 290 g/mol. The number of hydrogen-bond acceptors (Lipinski definition) is 4. The van der Waals surface area contributed by atoms with Gasteiger partial charge >= 0.3 is 5.97 Å². The minimum atomic E-state index is -0.903. The van der Waals surface area contributed by atoms with Crippen molar-refractivity contribution in [1.82, 2.24) is 4.98 Å². The molecule has 5 heteroatoms. The fourth-order valence-electron chi connectivity index (χ4n) is 1.94. The van der Waals surface area contributed by atoms with Crippen molar-refractivity contribution in [2.75, 3.05) is 5.32 Å². The molecule has 20 heavy (non-hydrogen) atoms. The Morgan fingerprint density at radius 2 is 2.25 bits per heavy atom. The largest absolute Gasteiger partial charge is 0.478 e. The molecule has 0 amide bonds. The van der Waals surface area contributed by atoms with Crippen molar-refractivity contribution in [3.05, 3.63) is 45.4 Å². The van der Waals surface area contributed by atoms with Crippen molar-refractivity contribution in [1.29, 1.82) is 0 Å². The van der Waals surface area contributed by atoms with Gasteiger partial charge in [0.1, 0.15) is 5.01 Å². The van der Waals surface area contributed by atoms with Crippen LogP contribution in [0.5, 0.6) is 0 Å². The lowest BCUT2D eigenvalue weighted by Gasteiger charge is -2.15. The van der Waals surface area contributed by atoms with Gasteiger partial charge in [0.15, 0.2) is 0 Å². The van der Waals surface area contributed by atoms with Gasteiger partial charge < -0.3 is 10.4 Å². The van der Waals surface area contributed by atoms with Crippen LogP contribution in [0.3, 0.4) is 0 Å². The number of carboxylic acids is 1. The summed E-state index contributed by atoms with van der Waals surface area (Å²) in [5.41, 5.74) is 2.17. The zero-order chi connectivity index (χ0) is 14.7. The molecule has 0 radical (unpaired) electrons. The highest BCUT2D eigenvalue weighted by atomic mass is 32.1. The summed E-state index contributed by atoms with van der Waals surface area (Å²) in [5.74, 6) is -0.903. The second kappa shape index (κ2) is 6.05. The van der Waals surface area contributed by atoms with Crippen LogP contribution in [0.15, 0.2) is 24.4 Å². The summed E-state index contributed by atoms with van der Waals surface area (Å²) in [4.78, 5) is 16.6. The molecule has 1 aromatic heterocycles. The first-order valence-corrected chi connectivity index (χ1v) is 7.38. The highest BCUT2D eigenvalue weighted by molar-refractivity contribution is 7.11. The second-order valence-electron chi connectivity index (χ2n) is 4.72. The zero-order valence-electron chi connectivity index (χ0n) is 11.8. The van der Waals surface area contributed by atoms with E-state index in [1.807, 2.05) is 19.2 Å². The lowest BCUT2D eigenvalue weighted by molar-refractivity contribution is 0.0697. The fourth-order valence-corrected chi connectivity index (χ4v) is 2.80. The number of thiazole rings is 1. The molecular weight excluding hydrogens is 272 g/mol. The van der Waals surface area contributed by atoms with Crippen molar-refractivity contribution in [2.45, 2.75) is 33.2 Å². The van der Waals surface area contributed by atoms with Gasteiger partial charge in [0.05, 0.1) is 11.6 Å². The van der Waals surface area contributed by atoms with Crippen LogP contribution in [0.1, 0.15) is 45.7 Å². The fraction of sp³-hybridized carbons (Fsp3) is 0.333. The van der Waals surface area contributed by atoms with Crippen molar-refractivity contribution in [2.24, 2.45) is 0 Å². The Morgan fingerprint density at radius 3 is 2.80 bits per heavy atom. The summed E-state index contributed by atoms with van der Waals surface area (Å²) in [7, 11) is 0. The average Bonchev–Trinajstić information content (AvgIpc) is 2.89. The van der Waals surface area contributed by atoms with Crippen molar-refractivity contribution in [3.63, 3.8) is 0 Å². The maximum atomic E-state index is 10.9. The Balaban J connectivity index is 2.15. The average molecular weight is 290 g/mol. The number of carbonyl (C=O) groups is 1. The number of aryl methyl sites for hydroxylation is 2. The highest BCUT2D eigenvalue weighted by Gasteiger charge is 2.12. The molecule has 0 fully saturated rings. The van der Waals surface area contributed by atoms with Gasteiger partial charge in [-0.3, -0.25) is 0 Å². The molecule has 2 aromatic rings. The number of benzene rings is 1. The molecule has 1 unspecified atom stereocenters. The maximum absolute atomic E-state index is 10.9. The molecule has 1 atom stereocenters. The van der Waals surface area contributed by atoms with Gasteiger partial charge in [-0.25, -0.2) is 9.78 Å². The normalized spacial score (nSPS) is 12.2. The summed E-state index contributed by atoms with van der Waals surface area (Å²) >= 11 is 1.71. The van der Waals surface area contributed by atoms with E-state index in [4.69, 9.17) is 5.11 Å². The van der Waals surface area contributed by atoms with Crippen LogP contribution in [0.2, 0.25) is 0 Å². The molecule has 0 aliphatic carbocycles. The summed E-state index contributed by atoms with van der Waals surface area (Å²) in [5, 5.41) is 13.4. The molecule has 1 heterocycles. The molecule has 106 valence electrons. The molecule has 0 aliphatic heterocycles. The topological polar surface area (TPSA) is 62.2 Å². The first-order chi connectivity index (χ1) is 9.51. The number of anilines is 1. The van der Waals surface area contributed by atoms with Gasteiger partial charge in [-0.15, -0.1) is 11.3 Å². The molecule has 4 nitrogen and oxygen atoms in total. The summed E-state index contributed by atoms with van der Waals surface area (Å²) in [6.07, 6.45) is 2.91. The third-order valence-electron chi connectivity index (χ3n) is 3.14. The number of aromatic carboxylic acids is 1. The van der Waals surface area contributed by atoms with Gasteiger partial charge in [-0.05, 0) is 44.0 Å². The summed E-state index contributed by atoms with van der Waals surface area (Å²) < 4.78 is 0. The SMILES string of the molecule is CCc1cnc(C(C)Nc2ccc(C(=O)O)cc2C)s1. The number of hydrogen-bond donors (Lipinski definition) is 2. The molecule has 2 rings (SSSR count). The summed E-state index contributed by atoms with van der Waals surface area (Å²) in [6, 6.07) is 5.21. The smallest absolute Gasteiger partial charge is 0.335 e. The molecule has 0 saturated carbocycles. The second-order valence-corrected chi connectivity index (χ2v) is 5.87. The van der Waals surface area contributed by atoms with Gasteiger partial charge in [-0.1, -0.05) is 6.92 Å². The first kappa shape index (κ1) is 14.5. The maximum Gasteiger partial charge on any atom is 0.335 e. The molecule has 1 aromatic carbocycles. The van der Waals surface area contributed by atoms with E-state index in [1.54, 1.807) is 23.5 Å². The van der Waals surface area contributed by atoms with Gasteiger partial charge in [-0.2, -0.15) is 0 Å². The van der Waals surface area contributed by atoms with Crippen LogP contribution < -0.4 is 5.32 Å². The predicted molar refractivity (Wildman–Crippen MR) is 81.7 cm³/mol. The van der Waals surface area contributed by atoms with Crippen LogP contribution in [-0.4, -0.2) is 16.1 Å². The minimum Gasteiger partial charge on any atom is -0.478 e. The first-order valence-electron chi connectivity index (χ1n) is 6.56. The highest BCUT2D eigenvalue weighted by Crippen LogP contribution is 2.26. The third-order valence-corrected chi connectivity index (χ3v) is 4.46. The Kier molecular flexibility index (Phi) is 4.39. The van der Waals surface area contributed by atoms with E-state index in [0.717, 1.165) is 22.7 Å². The van der Waals surface area contributed by atoms with E-state index in [-0.39, 0.29) is 6.04 Å². The Labute approximate surface area is 122 Å². The van der Waals surface area contributed by atoms with Gasteiger partial charge in [0.25, 0.3) is 0 Å². The van der Waals surface area contributed by atoms with E-state index in [9.17, 15) is 4.79 Å². The van der Waals surface area contributed by atoms with Crippen molar-refractivity contribution in [3.8, 4) is 0 Å². The van der Waals surface area contributed by atoms with Crippen molar-refractivity contribution < 1.29 is 9.90 Å². The Bertz CT molecular complexity index is 622. The van der Waals surface area contributed by atoms with Crippen LogP contribution in [-0.2, 0) is 6.42 Å². The zero-order valence-corrected chi connectivity index (χ0v) is 12.6. The number of aromatic nitrogens is 1. The molecule has 0 saturated heterocycles. The third kappa shape index (κ3) is 3.17. The van der Waals surface area contributed by atoms with Crippen LogP contribution >= 0.6 is 11.3 Å².